The molecule has 0 aliphatic heterocycles. The molecule has 0 atom stereocenters. The molecule has 0 bridgehead atoms. The standard InChI is InChI=1S/C19H27N3O2S/c1-2-3-4-5-6-7-11-14-24-15-17(23)20-19-22-21-18(25-19)16-12-9-8-10-13-16/h8-10,12-13H,2-7,11,14-15H2,1H3,(H,20,22,23). The third-order valence-corrected chi connectivity index (χ3v) is 4.71. The van der Waals surface area contributed by atoms with E-state index in [1.165, 1.54) is 49.9 Å². The Morgan fingerprint density at radius 2 is 1.76 bits per heavy atom. The second-order valence-electron chi connectivity index (χ2n) is 6.00. The average molecular weight is 362 g/mol. The molecule has 1 aromatic heterocycles. The number of hydrogen-bond donors (Lipinski definition) is 1. The van der Waals surface area contributed by atoms with Gasteiger partial charge >= 0.3 is 0 Å². The van der Waals surface area contributed by atoms with Crippen LogP contribution in [0.3, 0.4) is 0 Å². The molecule has 0 unspecified atom stereocenters. The average Bonchev–Trinajstić information content (AvgIpc) is 3.09. The van der Waals surface area contributed by atoms with Gasteiger partial charge in [-0.05, 0) is 6.42 Å². The van der Waals surface area contributed by atoms with Crippen LogP contribution in [0.1, 0.15) is 51.9 Å². The van der Waals surface area contributed by atoms with E-state index in [0.717, 1.165) is 17.0 Å². The Kier molecular flexibility index (Phi) is 9.15. The summed E-state index contributed by atoms with van der Waals surface area (Å²) in [6.45, 7) is 2.92. The van der Waals surface area contributed by atoms with Gasteiger partial charge in [-0.3, -0.25) is 10.1 Å². The fourth-order valence-corrected chi connectivity index (χ4v) is 3.22. The molecule has 1 N–H and O–H groups in total. The van der Waals surface area contributed by atoms with Crippen LogP contribution >= 0.6 is 11.3 Å². The molecule has 0 saturated carbocycles. The summed E-state index contributed by atoms with van der Waals surface area (Å²) in [4.78, 5) is 11.9. The molecule has 1 amide bonds. The van der Waals surface area contributed by atoms with Crippen LogP contribution in [-0.2, 0) is 9.53 Å². The largest absolute Gasteiger partial charge is 0.372 e. The molecule has 0 aliphatic rings. The van der Waals surface area contributed by atoms with Crippen molar-refractivity contribution in [3.8, 4) is 10.6 Å². The quantitative estimate of drug-likeness (QED) is 0.546. The normalized spacial score (nSPS) is 10.8. The number of anilines is 1. The van der Waals surface area contributed by atoms with Crippen LogP contribution in [-0.4, -0.2) is 29.3 Å². The second-order valence-corrected chi connectivity index (χ2v) is 6.98. The molecule has 25 heavy (non-hydrogen) atoms. The Morgan fingerprint density at radius 3 is 2.52 bits per heavy atom. The van der Waals surface area contributed by atoms with E-state index in [-0.39, 0.29) is 12.5 Å². The number of aromatic nitrogens is 2. The highest BCUT2D eigenvalue weighted by Gasteiger charge is 2.09. The number of nitrogens with zero attached hydrogens (tertiary/aromatic N) is 2. The maximum Gasteiger partial charge on any atom is 0.252 e. The topological polar surface area (TPSA) is 64.1 Å². The van der Waals surface area contributed by atoms with E-state index in [0.29, 0.717) is 11.7 Å². The Hall–Kier alpha value is -1.79. The van der Waals surface area contributed by atoms with Crippen molar-refractivity contribution in [3.05, 3.63) is 30.3 Å². The lowest BCUT2D eigenvalue weighted by atomic mass is 10.1. The summed E-state index contributed by atoms with van der Waals surface area (Å²) < 4.78 is 5.43. The zero-order chi connectivity index (χ0) is 17.7. The number of unbranched alkanes of at least 4 members (excludes halogenated alkanes) is 6. The number of hydrogen-bond acceptors (Lipinski definition) is 5. The number of ether oxygens (including phenoxy) is 1. The van der Waals surface area contributed by atoms with Gasteiger partial charge in [-0.25, -0.2) is 0 Å². The maximum absolute atomic E-state index is 11.9. The number of nitrogens with one attached hydrogen (secondary N) is 1. The first-order chi connectivity index (χ1) is 12.3. The van der Waals surface area contributed by atoms with Crippen molar-refractivity contribution in [2.24, 2.45) is 0 Å². The summed E-state index contributed by atoms with van der Waals surface area (Å²) in [5, 5.41) is 12.1. The van der Waals surface area contributed by atoms with E-state index in [9.17, 15) is 4.79 Å². The minimum absolute atomic E-state index is 0.0656. The van der Waals surface area contributed by atoms with E-state index in [4.69, 9.17) is 4.74 Å². The second kappa shape index (κ2) is 11.7. The maximum atomic E-state index is 11.9. The third kappa shape index (κ3) is 7.75. The molecular formula is C19H27N3O2S. The molecule has 1 heterocycles. The fraction of sp³-hybridized carbons (Fsp3) is 0.526. The lowest BCUT2D eigenvalue weighted by Crippen LogP contribution is -2.18. The van der Waals surface area contributed by atoms with Crippen molar-refractivity contribution in [2.45, 2.75) is 51.9 Å². The fourth-order valence-electron chi connectivity index (χ4n) is 2.45. The van der Waals surface area contributed by atoms with Crippen LogP contribution in [0.15, 0.2) is 30.3 Å². The van der Waals surface area contributed by atoms with Crippen molar-refractivity contribution in [2.75, 3.05) is 18.5 Å². The predicted octanol–water partition coefficient (Wildman–Crippen LogP) is 4.91. The molecule has 1 aromatic carbocycles. The van der Waals surface area contributed by atoms with E-state index in [1.54, 1.807) is 0 Å². The van der Waals surface area contributed by atoms with E-state index in [2.05, 4.69) is 22.4 Å². The monoisotopic (exact) mass is 361 g/mol. The number of carbonyl (C=O) groups excluding carboxylic acids is 1. The van der Waals surface area contributed by atoms with Gasteiger partial charge in [-0.1, -0.05) is 87.1 Å². The van der Waals surface area contributed by atoms with Crippen LogP contribution in [0, 0.1) is 0 Å². The van der Waals surface area contributed by atoms with Crippen LogP contribution in [0.25, 0.3) is 10.6 Å². The first-order valence-corrected chi connectivity index (χ1v) is 9.87. The summed E-state index contributed by atoms with van der Waals surface area (Å²) in [5.41, 5.74) is 0.996. The minimum atomic E-state index is -0.182. The van der Waals surface area contributed by atoms with Gasteiger partial charge in [0.25, 0.3) is 5.91 Å². The van der Waals surface area contributed by atoms with Gasteiger partial charge in [0.2, 0.25) is 5.13 Å². The Morgan fingerprint density at radius 1 is 1.04 bits per heavy atom. The summed E-state index contributed by atoms with van der Waals surface area (Å²) in [6.07, 6.45) is 8.66. The van der Waals surface area contributed by atoms with E-state index >= 15 is 0 Å². The molecule has 6 heteroatoms. The lowest BCUT2D eigenvalue weighted by Gasteiger charge is -2.04. The zero-order valence-corrected chi connectivity index (χ0v) is 15.7. The lowest BCUT2D eigenvalue weighted by molar-refractivity contribution is -0.120. The van der Waals surface area contributed by atoms with Gasteiger partial charge in [0.1, 0.15) is 11.6 Å². The first kappa shape index (κ1) is 19.5. The molecule has 136 valence electrons. The van der Waals surface area contributed by atoms with Crippen molar-refractivity contribution in [1.29, 1.82) is 0 Å². The van der Waals surface area contributed by atoms with Crippen LogP contribution in [0.5, 0.6) is 0 Å². The molecule has 0 saturated heterocycles. The van der Waals surface area contributed by atoms with Crippen molar-refractivity contribution >= 4 is 22.4 Å². The van der Waals surface area contributed by atoms with Crippen molar-refractivity contribution < 1.29 is 9.53 Å². The Labute approximate surface area is 153 Å². The molecular weight excluding hydrogens is 334 g/mol. The van der Waals surface area contributed by atoms with Gasteiger partial charge in [0.15, 0.2) is 0 Å². The number of amides is 1. The molecule has 0 fully saturated rings. The van der Waals surface area contributed by atoms with Gasteiger partial charge in [-0.15, -0.1) is 10.2 Å². The van der Waals surface area contributed by atoms with Gasteiger partial charge < -0.3 is 4.74 Å². The summed E-state index contributed by atoms with van der Waals surface area (Å²) in [6, 6.07) is 9.80. The smallest absolute Gasteiger partial charge is 0.252 e. The SMILES string of the molecule is CCCCCCCCCOCC(=O)Nc1nnc(-c2ccccc2)s1. The molecule has 2 aromatic rings. The first-order valence-electron chi connectivity index (χ1n) is 9.06. The predicted molar refractivity (Wildman–Crippen MR) is 103 cm³/mol. The highest BCUT2D eigenvalue weighted by molar-refractivity contribution is 7.18. The van der Waals surface area contributed by atoms with Crippen LogP contribution in [0.4, 0.5) is 5.13 Å². The van der Waals surface area contributed by atoms with Crippen LogP contribution < -0.4 is 5.32 Å². The molecule has 0 spiro atoms. The molecule has 2 rings (SSSR count). The molecule has 0 radical (unpaired) electrons. The van der Waals surface area contributed by atoms with Crippen LogP contribution in [0.2, 0.25) is 0 Å². The Bertz CT molecular complexity index is 616. The highest BCUT2D eigenvalue weighted by Crippen LogP contribution is 2.25. The third-order valence-electron chi connectivity index (χ3n) is 3.82. The van der Waals surface area contributed by atoms with E-state index in [1.807, 2.05) is 30.3 Å². The molecule has 5 nitrogen and oxygen atoms in total. The van der Waals surface area contributed by atoms with Crippen molar-refractivity contribution in [1.82, 2.24) is 10.2 Å². The van der Waals surface area contributed by atoms with Crippen molar-refractivity contribution in [3.63, 3.8) is 0 Å². The van der Waals surface area contributed by atoms with E-state index < -0.39 is 0 Å². The van der Waals surface area contributed by atoms with Gasteiger partial charge in [0, 0.05) is 12.2 Å². The summed E-state index contributed by atoms with van der Waals surface area (Å²) >= 11 is 1.36. The molecule has 0 aliphatic carbocycles. The summed E-state index contributed by atoms with van der Waals surface area (Å²) in [7, 11) is 0. The Balaban J connectivity index is 1.57. The minimum Gasteiger partial charge on any atom is -0.372 e. The number of benzene rings is 1. The zero-order valence-electron chi connectivity index (χ0n) is 14.9. The number of carbonyl (C=O) groups is 1. The summed E-state index contributed by atoms with van der Waals surface area (Å²) in [5.74, 6) is -0.182. The highest BCUT2D eigenvalue weighted by atomic mass is 32.1. The number of rotatable bonds is 12. The van der Waals surface area contributed by atoms with Gasteiger partial charge in [-0.2, -0.15) is 0 Å². The van der Waals surface area contributed by atoms with Gasteiger partial charge in [0.05, 0.1) is 0 Å².